The number of hydrogen-bond donors (Lipinski definition) is 0. The van der Waals surface area contributed by atoms with Gasteiger partial charge in [-0.2, -0.15) is 0 Å². The van der Waals surface area contributed by atoms with E-state index in [1.165, 1.54) is 63.4 Å². The highest BCUT2D eigenvalue weighted by Gasteiger charge is 2.11. The SMILES string of the molecule is CCC.CCC.CCC(C)c1ccc(-c2ccc(-n3c4ccccc4c4ccccc43)cc2)cc1. The Morgan fingerprint density at radius 2 is 0.943 bits per heavy atom. The average Bonchev–Trinajstić information content (AvgIpc) is 3.24. The second kappa shape index (κ2) is 13.0. The normalized spacial score (nSPS) is 11.4. The van der Waals surface area contributed by atoms with E-state index in [1.807, 2.05) is 0 Å². The first-order chi connectivity index (χ1) is 17.1. The minimum Gasteiger partial charge on any atom is -0.309 e. The Kier molecular flexibility index (Phi) is 9.73. The molecule has 0 N–H and O–H groups in total. The van der Waals surface area contributed by atoms with Gasteiger partial charge < -0.3 is 4.57 Å². The zero-order chi connectivity index (χ0) is 25.2. The molecule has 182 valence electrons. The zero-order valence-electron chi connectivity index (χ0n) is 22.4. The molecule has 0 aliphatic heterocycles. The molecule has 0 bridgehead atoms. The lowest BCUT2D eigenvalue weighted by atomic mass is 9.96. The summed E-state index contributed by atoms with van der Waals surface area (Å²) in [7, 11) is 0. The Balaban J connectivity index is 0.000000520. The largest absolute Gasteiger partial charge is 0.309 e. The van der Waals surface area contributed by atoms with Gasteiger partial charge in [-0.15, -0.1) is 0 Å². The summed E-state index contributed by atoms with van der Waals surface area (Å²) in [6.45, 7) is 13.0. The summed E-state index contributed by atoms with van der Waals surface area (Å²) in [5.41, 5.74) is 7.63. The molecule has 0 saturated carbocycles. The molecule has 4 aromatic carbocycles. The maximum atomic E-state index is 2.36. The number of para-hydroxylation sites is 2. The molecule has 0 aliphatic rings. The summed E-state index contributed by atoms with van der Waals surface area (Å²) >= 11 is 0. The highest BCUT2D eigenvalue weighted by molar-refractivity contribution is 6.09. The molecule has 1 unspecified atom stereocenters. The molecule has 1 heteroatoms. The number of rotatable bonds is 4. The van der Waals surface area contributed by atoms with Gasteiger partial charge in [-0.3, -0.25) is 0 Å². The zero-order valence-corrected chi connectivity index (χ0v) is 22.4. The van der Waals surface area contributed by atoms with Gasteiger partial charge in [-0.1, -0.05) is 127 Å². The fraction of sp³-hybridized carbons (Fsp3) is 0.294. The number of nitrogens with zero attached hydrogens (tertiary/aromatic N) is 1. The smallest absolute Gasteiger partial charge is 0.0541 e. The molecular formula is C34H41N. The van der Waals surface area contributed by atoms with Crippen LogP contribution in [0, 0.1) is 0 Å². The van der Waals surface area contributed by atoms with Crippen LogP contribution in [-0.4, -0.2) is 4.57 Å². The average molecular weight is 464 g/mol. The van der Waals surface area contributed by atoms with Crippen molar-refractivity contribution in [2.75, 3.05) is 0 Å². The van der Waals surface area contributed by atoms with Crippen molar-refractivity contribution in [2.24, 2.45) is 0 Å². The van der Waals surface area contributed by atoms with Crippen LogP contribution in [0.5, 0.6) is 0 Å². The third kappa shape index (κ3) is 6.03. The van der Waals surface area contributed by atoms with Crippen molar-refractivity contribution < 1.29 is 0 Å². The van der Waals surface area contributed by atoms with E-state index in [2.05, 4.69) is 143 Å². The minimum absolute atomic E-state index is 0.613. The molecule has 0 aliphatic carbocycles. The van der Waals surface area contributed by atoms with Crippen molar-refractivity contribution in [3.63, 3.8) is 0 Å². The minimum atomic E-state index is 0.613. The number of benzene rings is 4. The van der Waals surface area contributed by atoms with Gasteiger partial charge in [0.25, 0.3) is 0 Å². The number of aromatic nitrogens is 1. The molecule has 0 fully saturated rings. The third-order valence-corrected chi connectivity index (χ3v) is 6.13. The summed E-state index contributed by atoms with van der Waals surface area (Å²) in [4.78, 5) is 0. The van der Waals surface area contributed by atoms with E-state index >= 15 is 0 Å². The second-order valence-electron chi connectivity index (χ2n) is 9.26. The van der Waals surface area contributed by atoms with Crippen molar-refractivity contribution in [1.29, 1.82) is 0 Å². The van der Waals surface area contributed by atoms with Gasteiger partial charge in [-0.05, 0) is 53.3 Å². The maximum Gasteiger partial charge on any atom is 0.0541 e. The van der Waals surface area contributed by atoms with Gasteiger partial charge in [0.1, 0.15) is 0 Å². The molecule has 0 amide bonds. The quantitative estimate of drug-likeness (QED) is 0.250. The molecule has 0 saturated heterocycles. The summed E-state index contributed by atoms with van der Waals surface area (Å²) < 4.78 is 2.36. The molecule has 5 aromatic rings. The lowest BCUT2D eigenvalue weighted by Crippen LogP contribution is -1.94. The standard InChI is InChI=1S/C28H25N.2C3H8/c1-3-20(2)21-12-14-22(15-13-21)23-16-18-24(19-17-23)29-27-10-6-4-8-25(27)26-9-5-7-11-28(26)29;2*1-3-2/h4-20H,3H2,1-2H3;2*3H2,1-2H3. The second-order valence-corrected chi connectivity index (χ2v) is 9.26. The Morgan fingerprint density at radius 1 is 0.543 bits per heavy atom. The van der Waals surface area contributed by atoms with Gasteiger partial charge in [-0.25, -0.2) is 0 Å². The van der Waals surface area contributed by atoms with Crippen molar-refractivity contribution in [1.82, 2.24) is 4.57 Å². The Labute approximate surface area is 212 Å². The first-order valence-corrected chi connectivity index (χ1v) is 13.3. The molecule has 0 spiro atoms. The van der Waals surface area contributed by atoms with Crippen LogP contribution >= 0.6 is 0 Å². The highest BCUT2D eigenvalue weighted by Crippen LogP contribution is 2.32. The first-order valence-electron chi connectivity index (χ1n) is 13.3. The molecule has 1 heterocycles. The fourth-order valence-electron chi connectivity index (χ4n) is 4.24. The number of fused-ring (bicyclic) bond motifs is 3. The Bertz CT molecular complexity index is 1250. The van der Waals surface area contributed by atoms with Gasteiger partial charge in [0.05, 0.1) is 11.0 Å². The van der Waals surface area contributed by atoms with Gasteiger partial charge >= 0.3 is 0 Å². The molecule has 5 rings (SSSR count). The van der Waals surface area contributed by atoms with E-state index in [0.717, 1.165) is 0 Å². The lowest BCUT2D eigenvalue weighted by molar-refractivity contribution is 0.734. The van der Waals surface area contributed by atoms with E-state index < -0.39 is 0 Å². The van der Waals surface area contributed by atoms with Gasteiger partial charge in [0, 0.05) is 16.5 Å². The van der Waals surface area contributed by atoms with Crippen LogP contribution in [0.1, 0.15) is 72.3 Å². The first kappa shape index (κ1) is 26.3. The van der Waals surface area contributed by atoms with Crippen LogP contribution in [0.2, 0.25) is 0 Å². The summed E-state index contributed by atoms with van der Waals surface area (Å²) in [5, 5.41) is 2.60. The van der Waals surface area contributed by atoms with Crippen molar-refractivity contribution in [2.45, 2.75) is 66.7 Å². The topological polar surface area (TPSA) is 4.93 Å². The number of hydrogen-bond acceptors (Lipinski definition) is 0. The van der Waals surface area contributed by atoms with Gasteiger partial charge in [0.15, 0.2) is 0 Å². The summed E-state index contributed by atoms with van der Waals surface area (Å²) in [6.07, 6.45) is 3.67. The Hall–Kier alpha value is -3.32. The van der Waals surface area contributed by atoms with Crippen molar-refractivity contribution in [3.05, 3.63) is 103 Å². The van der Waals surface area contributed by atoms with Crippen LogP contribution < -0.4 is 0 Å². The van der Waals surface area contributed by atoms with Crippen molar-refractivity contribution >= 4 is 21.8 Å². The Morgan fingerprint density at radius 3 is 1.37 bits per heavy atom. The summed E-state index contributed by atoms with van der Waals surface area (Å²) in [6, 6.07) is 35.3. The van der Waals surface area contributed by atoms with E-state index in [9.17, 15) is 0 Å². The van der Waals surface area contributed by atoms with E-state index in [4.69, 9.17) is 0 Å². The van der Waals surface area contributed by atoms with Crippen LogP contribution in [-0.2, 0) is 0 Å². The molecule has 1 aromatic heterocycles. The van der Waals surface area contributed by atoms with Crippen molar-refractivity contribution in [3.8, 4) is 16.8 Å². The fourth-order valence-corrected chi connectivity index (χ4v) is 4.24. The predicted molar refractivity (Wildman–Crippen MR) is 157 cm³/mol. The van der Waals surface area contributed by atoms with E-state index in [-0.39, 0.29) is 0 Å². The van der Waals surface area contributed by atoms with Crippen LogP contribution in [0.4, 0.5) is 0 Å². The lowest BCUT2D eigenvalue weighted by Gasteiger charge is -2.11. The van der Waals surface area contributed by atoms with Gasteiger partial charge in [0.2, 0.25) is 0 Å². The van der Waals surface area contributed by atoms with Crippen LogP contribution in [0.15, 0.2) is 97.1 Å². The maximum absolute atomic E-state index is 2.36. The summed E-state index contributed by atoms with van der Waals surface area (Å²) in [5.74, 6) is 0.613. The third-order valence-electron chi connectivity index (χ3n) is 6.13. The van der Waals surface area contributed by atoms with Crippen LogP contribution in [0.3, 0.4) is 0 Å². The van der Waals surface area contributed by atoms with Crippen LogP contribution in [0.25, 0.3) is 38.6 Å². The monoisotopic (exact) mass is 463 g/mol. The molecule has 35 heavy (non-hydrogen) atoms. The molecule has 1 nitrogen and oxygen atoms in total. The molecular weight excluding hydrogens is 422 g/mol. The van der Waals surface area contributed by atoms with E-state index in [0.29, 0.717) is 5.92 Å². The molecule has 0 radical (unpaired) electrons. The van der Waals surface area contributed by atoms with E-state index in [1.54, 1.807) is 0 Å². The highest BCUT2D eigenvalue weighted by atomic mass is 15.0. The predicted octanol–water partition coefficient (Wildman–Crippen LogP) is 10.8. The molecule has 1 atom stereocenters.